The summed E-state index contributed by atoms with van der Waals surface area (Å²) in [5, 5.41) is 38.8. The van der Waals surface area contributed by atoms with E-state index in [9.17, 15) is 20.1 Å². The molecule has 1 aromatic carbocycles. The zero-order valence-corrected chi connectivity index (χ0v) is 20.4. The molecule has 0 bridgehead atoms. The highest BCUT2D eigenvalue weighted by atomic mass is 16.4. The fourth-order valence-corrected chi connectivity index (χ4v) is 3.87. The maximum Gasteiger partial charge on any atom is 0.253 e. The highest BCUT2D eigenvalue weighted by Crippen LogP contribution is 2.15. The summed E-state index contributed by atoms with van der Waals surface area (Å²) in [6.45, 7) is 1.44. The second-order valence-corrected chi connectivity index (χ2v) is 8.81. The van der Waals surface area contributed by atoms with E-state index in [0.29, 0.717) is 25.2 Å². The van der Waals surface area contributed by atoms with Crippen molar-refractivity contribution in [2.45, 2.75) is 44.4 Å². The molecule has 0 aliphatic carbocycles. The minimum Gasteiger partial charge on any atom is -0.396 e. The van der Waals surface area contributed by atoms with Crippen molar-refractivity contribution in [2.75, 3.05) is 20.2 Å². The van der Waals surface area contributed by atoms with E-state index in [1.165, 1.54) is 11.9 Å². The van der Waals surface area contributed by atoms with Crippen LogP contribution in [0, 0.1) is 0 Å². The van der Waals surface area contributed by atoms with Gasteiger partial charge in [-0.15, -0.1) is 0 Å². The molecule has 2 aromatic heterocycles. The first kappa shape index (κ1) is 27.4. The molecule has 2 heterocycles. The van der Waals surface area contributed by atoms with Crippen molar-refractivity contribution < 1.29 is 25.2 Å². The summed E-state index contributed by atoms with van der Waals surface area (Å²) in [6, 6.07) is 18.9. The summed E-state index contributed by atoms with van der Waals surface area (Å²) < 4.78 is 0. The third-order valence-electron chi connectivity index (χ3n) is 5.85. The second-order valence-electron chi connectivity index (χ2n) is 8.81. The van der Waals surface area contributed by atoms with E-state index in [-0.39, 0.29) is 25.5 Å². The van der Waals surface area contributed by atoms with Gasteiger partial charge in [-0.05, 0) is 48.4 Å². The van der Waals surface area contributed by atoms with Gasteiger partial charge in [0.1, 0.15) is 6.10 Å². The summed E-state index contributed by atoms with van der Waals surface area (Å²) in [7, 11) is 1.52. The van der Waals surface area contributed by atoms with Gasteiger partial charge in [0.05, 0.1) is 23.6 Å². The molecule has 9 nitrogen and oxygen atoms in total. The predicted octanol–water partition coefficient (Wildman–Crippen LogP) is 1.22. The Labute approximate surface area is 211 Å². The Kier molecular flexibility index (Phi) is 10.5. The zero-order valence-electron chi connectivity index (χ0n) is 20.4. The number of hydrogen-bond acceptors (Lipinski definition) is 8. The van der Waals surface area contributed by atoms with E-state index in [1.54, 1.807) is 24.5 Å². The maximum absolute atomic E-state index is 12.8. The van der Waals surface area contributed by atoms with Crippen LogP contribution in [-0.4, -0.2) is 84.6 Å². The number of aromatic nitrogens is 2. The predicted molar refractivity (Wildman–Crippen MR) is 135 cm³/mol. The standard InChI is InChI=1S/C27H34N4O5/c1-30(19-25(34)26(35)24(33)12-15-32)27(36)21-10-8-20(9-11-21)16-31(17-22-6-2-4-13-28-22)18-23-7-3-5-14-29-23/h2-11,13-14,24-26,32-35H,12,15-19H2,1H3/t24-,25+,26+/m1/s1. The van der Waals surface area contributed by atoms with E-state index in [0.717, 1.165) is 17.0 Å². The number of benzene rings is 1. The van der Waals surface area contributed by atoms with Crippen LogP contribution in [0.3, 0.4) is 0 Å². The summed E-state index contributed by atoms with van der Waals surface area (Å²) in [5.74, 6) is -0.316. The number of pyridine rings is 2. The summed E-state index contributed by atoms with van der Waals surface area (Å²) >= 11 is 0. The first-order valence-corrected chi connectivity index (χ1v) is 11.9. The summed E-state index contributed by atoms with van der Waals surface area (Å²) in [6.07, 6.45) is -0.587. The van der Waals surface area contributed by atoms with Crippen LogP contribution >= 0.6 is 0 Å². The molecular formula is C27H34N4O5. The number of carbonyl (C=O) groups excluding carboxylic acids is 1. The number of hydrogen-bond donors (Lipinski definition) is 4. The molecule has 9 heteroatoms. The lowest BCUT2D eigenvalue weighted by molar-refractivity contribution is -0.0709. The molecule has 0 aliphatic rings. The Morgan fingerprint density at radius 2 is 1.42 bits per heavy atom. The van der Waals surface area contributed by atoms with Crippen LogP contribution in [-0.2, 0) is 19.6 Å². The number of amides is 1. The number of nitrogens with zero attached hydrogens (tertiary/aromatic N) is 4. The monoisotopic (exact) mass is 494 g/mol. The lowest BCUT2D eigenvalue weighted by Gasteiger charge is -2.27. The first-order chi connectivity index (χ1) is 17.4. The van der Waals surface area contributed by atoms with Crippen molar-refractivity contribution >= 4 is 5.91 Å². The molecule has 0 fully saturated rings. The van der Waals surface area contributed by atoms with E-state index in [2.05, 4.69) is 14.9 Å². The van der Waals surface area contributed by atoms with Gasteiger partial charge in [-0.25, -0.2) is 0 Å². The molecule has 0 saturated heterocycles. The average Bonchev–Trinajstić information content (AvgIpc) is 2.89. The van der Waals surface area contributed by atoms with Crippen LogP contribution in [0.1, 0.15) is 33.7 Å². The Morgan fingerprint density at radius 1 is 0.833 bits per heavy atom. The van der Waals surface area contributed by atoms with Crippen LogP contribution in [0.4, 0.5) is 0 Å². The van der Waals surface area contributed by atoms with Crippen molar-refractivity contribution in [3.8, 4) is 0 Å². The molecule has 1 amide bonds. The molecule has 0 spiro atoms. The quantitative estimate of drug-likeness (QED) is 0.279. The Hall–Kier alpha value is -3.21. The lowest BCUT2D eigenvalue weighted by Crippen LogP contribution is -2.45. The van der Waals surface area contributed by atoms with Gasteiger partial charge in [0.25, 0.3) is 5.91 Å². The van der Waals surface area contributed by atoms with E-state index >= 15 is 0 Å². The molecule has 192 valence electrons. The molecule has 3 aromatic rings. The number of aliphatic hydroxyl groups excluding tert-OH is 4. The summed E-state index contributed by atoms with van der Waals surface area (Å²) in [4.78, 5) is 25.2. The molecule has 3 atom stereocenters. The van der Waals surface area contributed by atoms with Crippen molar-refractivity contribution in [1.82, 2.24) is 19.8 Å². The van der Waals surface area contributed by atoms with Crippen LogP contribution in [0.25, 0.3) is 0 Å². The van der Waals surface area contributed by atoms with Gasteiger partial charge < -0.3 is 25.3 Å². The van der Waals surface area contributed by atoms with Crippen molar-refractivity contribution in [2.24, 2.45) is 0 Å². The van der Waals surface area contributed by atoms with Crippen LogP contribution in [0.5, 0.6) is 0 Å². The minimum atomic E-state index is -1.46. The Balaban J connectivity index is 1.63. The van der Waals surface area contributed by atoms with Gasteiger partial charge in [-0.2, -0.15) is 0 Å². The van der Waals surface area contributed by atoms with Crippen LogP contribution in [0.15, 0.2) is 73.1 Å². The number of aliphatic hydroxyl groups is 4. The maximum atomic E-state index is 12.8. The molecule has 0 aliphatic heterocycles. The van der Waals surface area contributed by atoms with Crippen LogP contribution in [0.2, 0.25) is 0 Å². The fraction of sp³-hybridized carbons (Fsp3) is 0.370. The smallest absolute Gasteiger partial charge is 0.253 e. The SMILES string of the molecule is CN(C[C@H](O)[C@@H](O)[C@H](O)CCO)C(=O)c1ccc(CN(Cc2ccccn2)Cc2ccccn2)cc1. The molecule has 4 N–H and O–H groups in total. The van der Waals surface area contributed by atoms with Gasteiger partial charge in [-0.3, -0.25) is 19.7 Å². The first-order valence-electron chi connectivity index (χ1n) is 11.9. The summed E-state index contributed by atoms with van der Waals surface area (Å²) in [5.41, 5.74) is 3.36. The van der Waals surface area contributed by atoms with Gasteiger partial charge in [0, 0.05) is 57.8 Å². The molecule has 0 radical (unpaired) electrons. The zero-order chi connectivity index (χ0) is 25.9. The van der Waals surface area contributed by atoms with Crippen LogP contribution < -0.4 is 0 Å². The van der Waals surface area contributed by atoms with Gasteiger partial charge in [0.2, 0.25) is 0 Å². The normalized spacial score (nSPS) is 13.8. The average molecular weight is 495 g/mol. The van der Waals surface area contributed by atoms with Crippen molar-refractivity contribution in [3.05, 3.63) is 95.6 Å². The highest BCUT2D eigenvalue weighted by Gasteiger charge is 2.26. The molecular weight excluding hydrogens is 460 g/mol. The van der Waals surface area contributed by atoms with E-state index in [1.807, 2.05) is 48.5 Å². The number of carbonyl (C=O) groups is 1. The van der Waals surface area contributed by atoms with E-state index in [4.69, 9.17) is 5.11 Å². The van der Waals surface area contributed by atoms with E-state index < -0.39 is 18.3 Å². The topological polar surface area (TPSA) is 130 Å². The largest absolute Gasteiger partial charge is 0.396 e. The molecule has 0 saturated carbocycles. The Bertz CT molecular complexity index is 1010. The van der Waals surface area contributed by atoms with Crippen molar-refractivity contribution in [1.29, 1.82) is 0 Å². The molecule has 36 heavy (non-hydrogen) atoms. The van der Waals surface area contributed by atoms with Crippen molar-refractivity contribution in [3.63, 3.8) is 0 Å². The fourth-order valence-electron chi connectivity index (χ4n) is 3.87. The highest BCUT2D eigenvalue weighted by molar-refractivity contribution is 5.94. The number of rotatable bonds is 13. The second kappa shape index (κ2) is 13.8. The Morgan fingerprint density at radius 3 is 1.92 bits per heavy atom. The third kappa shape index (κ3) is 8.18. The lowest BCUT2D eigenvalue weighted by atomic mass is 10.0. The van der Waals surface area contributed by atoms with Gasteiger partial charge >= 0.3 is 0 Å². The minimum absolute atomic E-state index is 0.0605. The third-order valence-corrected chi connectivity index (χ3v) is 5.85. The van der Waals surface area contributed by atoms with Gasteiger partial charge in [0.15, 0.2) is 0 Å². The van der Waals surface area contributed by atoms with Gasteiger partial charge in [-0.1, -0.05) is 24.3 Å². The molecule has 3 rings (SSSR count). The molecule has 0 unspecified atom stereocenters. The number of likely N-dealkylation sites (N-methyl/N-ethyl adjacent to an activating group) is 1.